The predicted octanol–water partition coefficient (Wildman–Crippen LogP) is 6.32. The fourth-order valence-electron chi connectivity index (χ4n) is 7.99. The minimum Gasteiger partial charge on any atom is -0.390 e. The van der Waals surface area contributed by atoms with Crippen molar-refractivity contribution in [3.63, 3.8) is 0 Å². The third kappa shape index (κ3) is 3.22. The molecule has 3 saturated carbocycles. The Kier molecular flexibility index (Phi) is 5.13. The summed E-state index contributed by atoms with van der Waals surface area (Å²) in [6.45, 7) is 11.2. The third-order valence-electron chi connectivity index (χ3n) is 9.96. The Morgan fingerprint density at radius 3 is 2.57 bits per heavy atom. The van der Waals surface area contributed by atoms with Crippen molar-refractivity contribution in [2.45, 2.75) is 104 Å². The van der Waals surface area contributed by atoms with Gasteiger partial charge < -0.3 is 5.11 Å². The molecule has 4 rings (SSSR count). The van der Waals surface area contributed by atoms with Crippen molar-refractivity contribution in [3.05, 3.63) is 11.6 Å². The van der Waals surface area contributed by atoms with Crippen molar-refractivity contribution in [2.75, 3.05) is 0 Å². The van der Waals surface area contributed by atoms with Gasteiger partial charge in [0.1, 0.15) is 5.78 Å². The summed E-state index contributed by atoms with van der Waals surface area (Å²) in [7, 11) is 0. The standard InChI is InChI=1S/C26H42O2/c1-17(2)23(27)11-8-18-7-10-21-20-9-6-19-16-24(3,28)14-15-26(19,5)22(20)12-13-25(18,21)4/h6,17-18,20-22,28H,7-16H2,1-5H3. The number of carbonyl (C=O) groups is 1. The van der Waals surface area contributed by atoms with Gasteiger partial charge in [0.15, 0.2) is 0 Å². The minimum absolute atomic E-state index is 0.186. The smallest absolute Gasteiger partial charge is 0.135 e. The number of allylic oxidation sites excluding steroid dienone is 1. The molecule has 0 aliphatic heterocycles. The molecule has 7 unspecified atom stereocenters. The van der Waals surface area contributed by atoms with Crippen molar-refractivity contribution in [3.8, 4) is 0 Å². The monoisotopic (exact) mass is 386 g/mol. The molecular formula is C26H42O2. The molecule has 3 fully saturated rings. The van der Waals surface area contributed by atoms with Crippen LogP contribution in [0.4, 0.5) is 0 Å². The summed E-state index contributed by atoms with van der Waals surface area (Å²) >= 11 is 0. The highest BCUT2D eigenvalue weighted by Crippen LogP contribution is 2.67. The number of Topliss-reactive ketones (excluding diaryl/α,β-unsaturated/α-hetero) is 1. The van der Waals surface area contributed by atoms with Crippen LogP contribution >= 0.6 is 0 Å². The zero-order chi connectivity index (χ0) is 20.3. The van der Waals surface area contributed by atoms with Crippen molar-refractivity contribution >= 4 is 5.78 Å². The van der Waals surface area contributed by atoms with Crippen LogP contribution in [0, 0.1) is 40.4 Å². The molecule has 0 radical (unpaired) electrons. The molecule has 0 spiro atoms. The van der Waals surface area contributed by atoms with Crippen LogP contribution in [0.25, 0.3) is 0 Å². The van der Waals surface area contributed by atoms with Crippen LogP contribution in [0.5, 0.6) is 0 Å². The lowest BCUT2D eigenvalue weighted by atomic mass is 9.46. The average Bonchev–Trinajstić information content (AvgIpc) is 2.96. The first-order valence-electron chi connectivity index (χ1n) is 12.0. The summed E-state index contributed by atoms with van der Waals surface area (Å²) in [5.74, 6) is 3.84. The van der Waals surface area contributed by atoms with E-state index in [0.29, 0.717) is 16.6 Å². The second kappa shape index (κ2) is 6.96. The molecule has 7 atom stereocenters. The lowest BCUT2D eigenvalue weighted by Gasteiger charge is -2.59. The van der Waals surface area contributed by atoms with Crippen LogP contribution < -0.4 is 0 Å². The molecule has 4 aliphatic carbocycles. The van der Waals surface area contributed by atoms with Gasteiger partial charge in [0.2, 0.25) is 0 Å². The number of aliphatic hydroxyl groups is 1. The summed E-state index contributed by atoms with van der Waals surface area (Å²) in [4.78, 5) is 12.2. The lowest BCUT2D eigenvalue weighted by molar-refractivity contribution is -0.122. The van der Waals surface area contributed by atoms with Crippen LogP contribution in [-0.4, -0.2) is 16.5 Å². The molecule has 2 nitrogen and oxygen atoms in total. The molecule has 158 valence electrons. The first-order valence-corrected chi connectivity index (χ1v) is 12.0. The topological polar surface area (TPSA) is 37.3 Å². The van der Waals surface area contributed by atoms with Gasteiger partial charge >= 0.3 is 0 Å². The second-order valence-electron chi connectivity index (χ2n) is 11.9. The van der Waals surface area contributed by atoms with E-state index in [1.807, 2.05) is 20.8 Å². The first-order chi connectivity index (χ1) is 13.1. The molecule has 2 heteroatoms. The maximum atomic E-state index is 12.2. The third-order valence-corrected chi connectivity index (χ3v) is 9.96. The van der Waals surface area contributed by atoms with E-state index >= 15 is 0 Å². The zero-order valence-corrected chi connectivity index (χ0v) is 18.9. The molecular weight excluding hydrogens is 344 g/mol. The van der Waals surface area contributed by atoms with Gasteiger partial charge in [-0.25, -0.2) is 0 Å². The van der Waals surface area contributed by atoms with Gasteiger partial charge in [-0.1, -0.05) is 39.3 Å². The minimum atomic E-state index is -0.497. The lowest BCUT2D eigenvalue weighted by Crippen LogP contribution is -2.51. The highest BCUT2D eigenvalue weighted by Gasteiger charge is 2.58. The van der Waals surface area contributed by atoms with Crippen molar-refractivity contribution in [1.29, 1.82) is 0 Å². The summed E-state index contributed by atoms with van der Waals surface area (Å²) in [5, 5.41) is 10.6. The van der Waals surface area contributed by atoms with Gasteiger partial charge in [0, 0.05) is 12.3 Å². The van der Waals surface area contributed by atoms with E-state index in [4.69, 9.17) is 0 Å². The molecule has 0 saturated heterocycles. The molecule has 0 heterocycles. The fraction of sp³-hybridized carbons (Fsp3) is 0.885. The second-order valence-corrected chi connectivity index (χ2v) is 11.9. The molecule has 1 N–H and O–H groups in total. The van der Waals surface area contributed by atoms with Crippen molar-refractivity contribution in [1.82, 2.24) is 0 Å². The van der Waals surface area contributed by atoms with E-state index in [1.54, 1.807) is 5.57 Å². The van der Waals surface area contributed by atoms with E-state index in [0.717, 1.165) is 55.8 Å². The van der Waals surface area contributed by atoms with Crippen LogP contribution in [0.3, 0.4) is 0 Å². The Bertz CT molecular complexity index is 659. The van der Waals surface area contributed by atoms with Gasteiger partial charge in [-0.15, -0.1) is 0 Å². The highest BCUT2D eigenvalue weighted by molar-refractivity contribution is 5.80. The van der Waals surface area contributed by atoms with Gasteiger partial charge in [-0.2, -0.15) is 0 Å². The SMILES string of the molecule is CC(C)C(=O)CCC1CCC2C3CC=C4CC(C)(O)CCC4(C)C3CCC12C. The Morgan fingerprint density at radius 2 is 1.86 bits per heavy atom. The van der Waals surface area contributed by atoms with Crippen molar-refractivity contribution in [2.24, 2.45) is 40.4 Å². The number of ketones is 1. The molecule has 0 aromatic rings. The van der Waals surface area contributed by atoms with E-state index in [1.165, 1.54) is 32.1 Å². The summed E-state index contributed by atoms with van der Waals surface area (Å²) < 4.78 is 0. The zero-order valence-electron chi connectivity index (χ0n) is 18.9. The van der Waals surface area contributed by atoms with E-state index < -0.39 is 5.60 Å². The number of hydrogen-bond acceptors (Lipinski definition) is 2. The number of carbonyl (C=O) groups excluding carboxylic acids is 1. The largest absolute Gasteiger partial charge is 0.390 e. The number of fused-ring (bicyclic) bond motifs is 5. The summed E-state index contributed by atoms with van der Waals surface area (Å²) in [6, 6.07) is 0. The van der Waals surface area contributed by atoms with Gasteiger partial charge in [-0.05, 0) is 99.2 Å². The quantitative estimate of drug-likeness (QED) is 0.574. The fourth-order valence-corrected chi connectivity index (χ4v) is 7.99. The van der Waals surface area contributed by atoms with E-state index in [9.17, 15) is 9.90 Å². The molecule has 0 amide bonds. The van der Waals surface area contributed by atoms with Gasteiger partial charge in [0.05, 0.1) is 5.60 Å². The van der Waals surface area contributed by atoms with Crippen LogP contribution in [0.15, 0.2) is 11.6 Å². The normalized spacial score (nSPS) is 47.9. The maximum Gasteiger partial charge on any atom is 0.135 e. The Labute approximate surface area is 172 Å². The Balaban J connectivity index is 1.52. The van der Waals surface area contributed by atoms with Crippen LogP contribution in [-0.2, 0) is 4.79 Å². The Hall–Kier alpha value is -0.630. The Morgan fingerprint density at radius 1 is 1.11 bits per heavy atom. The molecule has 0 aromatic carbocycles. The first kappa shape index (κ1) is 20.6. The number of rotatable bonds is 4. The van der Waals surface area contributed by atoms with Gasteiger partial charge in [0.25, 0.3) is 0 Å². The maximum absolute atomic E-state index is 12.2. The molecule has 4 aliphatic rings. The van der Waals surface area contributed by atoms with Crippen LogP contribution in [0.2, 0.25) is 0 Å². The molecule has 0 bridgehead atoms. The predicted molar refractivity (Wildman–Crippen MR) is 115 cm³/mol. The summed E-state index contributed by atoms with van der Waals surface area (Å²) in [5.41, 5.74) is 1.83. The van der Waals surface area contributed by atoms with Gasteiger partial charge in [-0.3, -0.25) is 4.79 Å². The van der Waals surface area contributed by atoms with E-state index in [-0.39, 0.29) is 5.92 Å². The molecule has 28 heavy (non-hydrogen) atoms. The average molecular weight is 387 g/mol. The van der Waals surface area contributed by atoms with Crippen molar-refractivity contribution < 1.29 is 9.90 Å². The highest BCUT2D eigenvalue weighted by atomic mass is 16.3. The van der Waals surface area contributed by atoms with E-state index in [2.05, 4.69) is 19.9 Å². The summed E-state index contributed by atoms with van der Waals surface area (Å²) in [6.07, 6.45) is 14.1. The number of hydrogen-bond donors (Lipinski definition) is 1. The van der Waals surface area contributed by atoms with Crippen LogP contribution in [0.1, 0.15) is 98.8 Å². The molecule has 0 aromatic heterocycles.